The van der Waals surface area contributed by atoms with Crippen molar-refractivity contribution in [2.75, 3.05) is 33.2 Å². The van der Waals surface area contributed by atoms with Crippen molar-refractivity contribution in [1.82, 2.24) is 19.6 Å². The molecule has 0 saturated carbocycles. The van der Waals surface area contributed by atoms with Crippen LogP contribution in [-0.2, 0) is 27.3 Å². The first-order valence-electron chi connectivity index (χ1n) is 9.44. The number of nitrogens with zero attached hydrogens (tertiary/aromatic N) is 4. The van der Waals surface area contributed by atoms with Crippen LogP contribution in [0.3, 0.4) is 0 Å². The van der Waals surface area contributed by atoms with E-state index >= 15 is 0 Å². The molecule has 0 aliphatic carbocycles. The van der Waals surface area contributed by atoms with Gasteiger partial charge in [-0.1, -0.05) is 15.9 Å². The first-order valence-corrected chi connectivity index (χ1v) is 10.2. The van der Waals surface area contributed by atoms with Gasteiger partial charge >= 0.3 is 5.97 Å². The summed E-state index contributed by atoms with van der Waals surface area (Å²) < 4.78 is 7.89. The summed E-state index contributed by atoms with van der Waals surface area (Å²) in [7, 11) is 2.06. The Labute approximate surface area is 173 Å². The number of aromatic nitrogens is 2. The monoisotopic (exact) mass is 450 g/mol. The van der Waals surface area contributed by atoms with E-state index in [9.17, 15) is 9.59 Å². The number of hydrogen-bond donors (Lipinski definition) is 0. The van der Waals surface area contributed by atoms with Gasteiger partial charge in [0.2, 0.25) is 5.91 Å². The fraction of sp³-hybridized carbons (Fsp3) is 0.550. The van der Waals surface area contributed by atoms with Crippen molar-refractivity contribution in [3.05, 3.63) is 28.4 Å². The molecule has 1 amide bonds. The number of amides is 1. The fourth-order valence-electron chi connectivity index (χ4n) is 3.19. The van der Waals surface area contributed by atoms with Crippen molar-refractivity contribution < 1.29 is 14.3 Å². The average molecular weight is 451 g/mol. The number of rotatable bonds is 4. The Kier molecular flexibility index (Phi) is 6.09. The van der Waals surface area contributed by atoms with E-state index in [2.05, 4.69) is 33.0 Å². The lowest BCUT2D eigenvalue weighted by molar-refractivity contribution is -0.153. The molecule has 0 unspecified atom stereocenters. The Morgan fingerprint density at radius 1 is 1.18 bits per heavy atom. The van der Waals surface area contributed by atoms with Gasteiger partial charge in [0, 0.05) is 42.2 Å². The van der Waals surface area contributed by atoms with Gasteiger partial charge in [0.15, 0.2) is 0 Å². The van der Waals surface area contributed by atoms with Gasteiger partial charge in [-0.3, -0.25) is 14.3 Å². The second kappa shape index (κ2) is 8.21. The van der Waals surface area contributed by atoms with Crippen LogP contribution in [0.1, 0.15) is 26.3 Å². The molecule has 1 saturated heterocycles. The lowest BCUT2D eigenvalue weighted by Gasteiger charge is -2.32. The molecule has 1 aromatic heterocycles. The molecule has 2 aromatic rings. The third-order valence-electron chi connectivity index (χ3n) is 4.63. The highest BCUT2D eigenvalue weighted by atomic mass is 79.9. The number of halogens is 1. The number of piperazine rings is 1. The number of esters is 1. The quantitative estimate of drug-likeness (QED) is 0.669. The van der Waals surface area contributed by atoms with Gasteiger partial charge in [-0.15, -0.1) is 0 Å². The molecule has 1 aliphatic heterocycles. The maximum Gasteiger partial charge on any atom is 0.310 e. The van der Waals surface area contributed by atoms with Crippen LogP contribution >= 0.6 is 15.9 Å². The minimum Gasteiger partial charge on any atom is -0.460 e. The molecule has 0 radical (unpaired) electrons. The van der Waals surface area contributed by atoms with E-state index in [1.807, 2.05) is 44.0 Å². The van der Waals surface area contributed by atoms with Crippen LogP contribution in [0.5, 0.6) is 0 Å². The van der Waals surface area contributed by atoms with Gasteiger partial charge in [-0.05, 0) is 45.5 Å². The second-order valence-electron chi connectivity index (χ2n) is 8.28. The molecule has 0 spiro atoms. The zero-order valence-electron chi connectivity index (χ0n) is 16.9. The van der Waals surface area contributed by atoms with Crippen LogP contribution in [0.25, 0.3) is 10.9 Å². The van der Waals surface area contributed by atoms with Crippen molar-refractivity contribution in [3.63, 3.8) is 0 Å². The molecule has 1 aliphatic rings. The summed E-state index contributed by atoms with van der Waals surface area (Å²) in [6, 6.07) is 3.80. The minimum absolute atomic E-state index is 0.0777. The van der Waals surface area contributed by atoms with Crippen molar-refractivity contribution >= 4 is 38.7 Å². The molecule has 0 bridgehead atoms. The van der Waals surface area contributed by atoms with E-state index in [0.717, 1.165) is 47.1 Å². The molecule has 28 heavy (non-hydrogen) atoms. The van der Waals surface area contributed by atoms with E-state index in [0.29, 0.717) is 0 Å². The summed E-state index contributed by atoms with van der Waals surface area (Å²) in [5.41, 5.74) is 1.11. The van der Waals surface area contributed by atoms with Crippen LogP contribution in [0, 0.1) is 0 Å². The second-order valence-corrected chi connectivity index (χ2v) is 9.13. The summed E-state index contributed by atoms with van der Waals surface area (Å²) in [5, 5.41) is 5.41. The zero-order chi connectivity index (χ0) is 20.5. The van der Waals surface area contributed by atoms with Gasteiger partial charge < -0.3 is 14.5 Å². The average Bonchev–Trinajstić information content (AvgIpc) is 2.94. The van der Waals surface area contributed by atoms with E-state index < -0.39 is 5.60 Å². The summed E-state index contributed by atoms with van der Waals surface area (Å²) >= 11 is 3.52. The first-order chi connectivity index (χ1) is 13.1. The number of carbonyl (C=O) groups is 2. The van der Waals surface area contributed by atoms with Gasteiger partial charge in [-0.25, -0.2) is 0 Å². The van der Waals surface area contributed by atoms with Crippen LogP contribution in [0.2, 0.25) is 0 Å². The van der Waals surface area contributed by atoms with E-state index in [4.69, 9.17) is 4.74 Å². The summed E-state index contributed by atoms with van der Waals surface area (Å²) in [5.74, 6) is -0.195. The summed E-state index contributed by atoms with van der Waals surface area (Å²) in [6.07, 6.45) is 2.04. The molecule has 8 heteroatoms. The Balaban J connectivity index is 1.71. The molecule has 0 atom stereocenters. The van der Waals surface area contributed by atoms with E-state index in [1.165, 1.54) is 0 Å². The number of benzene rings is 1. The highest BCUT2D eigenvalue weighted by Crippen LogP contribution is 2.25. The number of hydrogen-bond acceptors (Lipinski definition) is 5. The molecule has 0 N–H and O–H groups in total. The van der Waals surface area contributed by atoms with Crippen molar-refractivity contribution in [2.45, 2.75) is 39.3 Å². The highest BCUT2D eigenvalue weighted by molar-refractivity contribution is 9.10. The zero-order valence-corrected chi connectivity index (χ0v) is 18.5. The van der Waals surface area contributed by atoms with E-state index in [1.54, 1.807) is 4.68 Å². The Hall–Kier alpha value is -1.93. The molecule has 3 rings (SSSR count). The third-order valence-corrected chi connectivity index (χ3v) is 5.37. The Morgan fingerprint density at radius 2 is 1.86 bits per heavy atom. The first kappa shape index (κ1) is 20.8. The number of ether oxygens (including phenoxy) is 1. The van der Waals surface area contributed by atoms with Crippen LogP contribution in [0.15, 0.2) is 22.8 Å². The largest absolute Gasteiger partial charge is 0.460 e. The lowest BCUT2D eigenvalue weighted by atomic mass is 10.1. The smallest absolute Gasteiger partial charge is 0.310 e. The van der Waals surface area contributed by atoms with Crippen LogP contribution in [0.4, 0.5) is 0 Å². The summed E-state index contributed by atoms with van der Waals surface area (Å²) in [4.78, 5) is 28.8. The van der Waals surface area contributed by atoms with Gasteiger partial charge in [0.05, 0.1) is 11.9 Å². The fourth-order valence-corrected chi connectivity index (χ4v) is 3.66. The Morgan fingerprint density at radius 3 is 2.50 bits per heavy atom. The highest BCUT2D eigenvalue weighted by Gasteiger charge is 2.21. The van der Waals surface area contributed by atoms with E-state index in [-0.39, 0.29) is 24.8 Å². The standard InChI is InChI=1S/C20H27BrN4O3/c1-20(2,3)28-19(27)10-14-9-15-12-25(22-17(15)11-16(14)21)13-18(26)24-7-5-23(4)6-8-24/h9,11-12H,5-8,10,13H2,1-4H3. The molecule has 1 fully saturated rings. The van der Waals surface area contributed by atoms with Crippen LogP contribution < -0.4 is 0 Å². The van der Waals surface area contributed by atoms with Crippen molar-refractivity contribution in [3.8, 4) is 0 Å². The molecule has 1 aromatic carbocycles. The predicted octanol–water partition coefficient (Wildman–Crippen LogP) is 2.46. The maximum absolute atomic E-state index is 12.5. The minimum atomic E-state index is -0.512. The molecular weight excluding hydrogens is 424 g/mol. The molecule has 152 valence electrons. The van der Waals surface area contributed by atoms with Gasteiger partial charge in [0.1, 0.15) is 12.1 Å². The topological polar surface area (TPSA) is 67.7 Å². The van der Waals surface area contributed by atoms with Crippen molar-refractivity contribution in [2.24, 2.45) is 0 Å². The number of likely N-dealkylation sites (N-methyl/N-ethyl adjacent to an activating group) is 1. The molecule has 7 nitrogen and oxygen atoms in total. The van der Waals surface area contributed by atoms with Crippen LogP contribution in [-0.4, -0.2) is 70.3 Å². The normalized spacial score (nSPS) is 15.8. The molecular formula is C20H27BrN4O3. The number of carbonyl (C=O) groups excluding carboxylic acids is 2. The van der Waals surface area contributed by atoms with Gasteiger partial charge in [-0.2, -0.15) is 5.10 Å². The van der Waals surface area contributed by atoms with Crippen molar-refractivity contribution in [1.29, 1.82) is 0 Å². The summed E-state index contributed by atoms with van der Waals surface area (Å²) in [6.45, 7) is 9.07. The number of fused-ring (bicyclic) bond motifs is 1. The maximum atomic E-state index is 12.5. The Bertz CT molecular complexity index is 879. The van der Waals surface area contributed by atoms with Gasteiger partial charge in [0.25, 0.3) is 0 Å². The predicted molar refractivity (Wildman–Crippen MR) is 111 cm³/mol. The lowest BCUT2D eigenvalue weighted by Crippen LogP contribution is -2.48. The SMILES string of the molecule is CN1CCN(C(=O)Cn2cc3cc(CC(=O)OC(C)(C)C)c(Br)cc3n2)CC1. The third kappa shape index (κ3) is 5.32. The molecule has 2 heterocycles.